The zero-order valence-corrected chi connectivity index (χ0v) is 79.8. The number of methoxy groups -OCH3 is 1. The van der Waals surface area contributed by atoms with Gasteiger partial charge in [0.25, 0.3) is 16.7 Å². The molecule has 33 nitrogen and oxygen atoms in total. The molecule has 40 heteroatoms. The zero-order valence-electron chi connectivity index (χ0n) is 75.0. The summed E-state index contributed by atoms with van der Waals surface area (Å²) >= 11 is 9.68. The first kappa shape index (κ1) is 95.1. The Morgan fingerprint density at radius 2 is 1.28 bits per heavy atom. The van der Waals surface area contributed by atoms with Crippen molar-refractivity contribution in [1.82, 2.24) is 83.9 Å². The van der Waals surface area contributed by atoms with Gasteiger partial charge in [0.1, 0.15) is 61.1 Å². The largest absolute Gasteiger partial charge is 0.490 e. The van der Waals surface area contributed by atoms with Crippen LogP contribution in [0, 0.1) is 18.7 Å². The summed E-state index contributed by atoms with van der Waals surface area (Å²) in [7, 11) is -1.79. The predicted molar refractivity (Wildman–Crippen MR) is 520 cm³/mol. The number of aromatic nitrogens is 14. The Balaban J connectivity index is 0.000000146. The number of rotatable bonds is 29. The van der Waals surface area contributed by atoms with E-state index in [4.69, 9.17) is 45.3 Å². The number of ether oxygens (including phenoxy) is 5. The molecule has 4 fully saturated rings. The summed E-state index contributed by atoms with van der Waals surface area (Å²) in [5, 5.41) is 33.8. The van der Waals surface area contributed by atoms with E-state index in [0.29, 0.717) is 101 Å². The number of likely N-dealkylation sites (N-methyl/N-ethyl adjacent to an activating group) is 1. The third-order valence-electron chi connectivity index (χ3n) is 23.1. The van der Waals surface area contributed by atoms with E-state index in [2.05, 4.69) is 92.6 Å². The Kier molecular flexibility index (Phi) is 30.0. The molecule has 0 radical (unpaired) electrons. The molecule has 5 N–H and O–H groups in total. The summed E-state index contributed by atoms with van der Waals surface area (Å²) in [5.74, 6) is 2.51. The lowest BCUT2D eigenvalue weighted by atomic mass is 9.88. The third-order valence-corrected chi connectivity index (χ3v) is 30.9. The molecule has 0 aliphatic carbocycles. The van der Waals surface area contributed by atoms with Gasteiger partial charge < -0.3 is 55.2 Å². The SMILES string of the molecule is C=C(c1cc2cnc(Nc3ccc(OC4CCN(C)C4)cc3)nc2n(Cc2nnn(C)c2S(=O)C(C)C)c1=O)C1CCOCC1.COCCS(=O)(=O)c1sccc1Cn1c(=O)c(-c2ccc(C)cc2Cl)cc2cnc(Nc3ccc(C4CNCCS4)cc3)nc21.Cn1cc(S(C)(=O)=O)c(Cn2c(=O)c(Oc3ccccc3F)cc3cnc(Nc4ccc(OC5CCNCC5)cc4)nc32)n1. The average Bonchev–Trinajstić information content (AvgIpc) is 1.12. The highest BCUT2D eigenvalue weighted by molar-refractivity contribution is 7.99. The highest BCUT2D eigenvalue weighted by Crippen LogP contribution is 2.37. The van der Waals surface area contributed by atoms with Crippen LogP contribution >= 0.6 is 34.7 Å². The van der Waals surface area contributed by atoms with E-state index in [1.165, 1.54) is 67.8 Å². The zero-order chi connectivity index (χ0) is 94.1. The van der Waals surface area contributed by atoms with Gasteiger partial charge in [0.15, 0.2) is 42.0 Å². The summed E-state index contributed by atoms with van der Waals surface area (Å²) in [6.45, 7) is 17.0. The van der Waals surface area contributed by atoms with Crippen molar-refractivity contribution in [1.29, 1.82) is 0 Å². The van der Waals surface area contributed by atoms with E-state index in [1.54, 1.807) is 54.6 Å². The molecule has 3 atom stereocenters. The van der Waals surface area contributed by atoms with Crippen molar-refractivity contribution in [3.8, 4) is 34.1 Å². The van der Waals surface area contributed by atoms with E-state index in [9.17, 15) is 39.8 Å². The van der Waals surface area contributed by atoms with Gasteiger partial charge in [0.05, 0.1) is 42.8 Å². The lowest BCUT2D eigenvalue weighted by Crippen LogP contribution is -2.34. The van der Waals surface area contributed by atoms with Crippen molar-refractivity contribution in [2.75, 3.05) is 107 Å². The van der Waals surface area contributed by atoms with Crippen molar-refractivity contribution in [2.45, 2.75) is 109 Å². The second kappa shape index (κ2) is 42.3. The fourth-order valence-corrected chi connectivity index (χ4v) is 22.3. The number of aryl methyl sites for hydroxylation is 3. The quantitative estimate of drug-likeness (QED) is 0.0291. The summed E-state index contributed by atoms with van der Waals surface area (Å²) in [4.78, 5) is 72.1. The molecule has 0 spiro atoms. The minimum atomic E-state index is -3.66. The normalized spacial score (nSPS) is 16.0. The molecule has 0 saturated carbocycles. The summed E-state index contributed by atoms with van der Waals surface area (Å²) in [5.41, 5.74) is 7.61. The molecule has 13 heterocycles. The van der Waals surface area contributed by atoms with Crippen LogP contribution in [0.5, 0.6) is 23.0 Å². The van der Waals surface area contributed by atoms with Crippen molar-refractivity contribution in [3.05, 3.63) is 252 Å². The first-order chi connectivity index (χ1) is 64.5. The van der Waals surface area contributed by atoms with Gasteiger partial charge in [-0.15, -0.1) is 16.4 Å². The van der Waals surface area contributed by atoms with Crippen LogP contribution < -0.4 is 57.5 Å². The Labute approximate surface area is 788 Å². The summed E-state index contributed by atoms with van der Waals surface area (Å²) in [6.07, 6.45) is 12.2. The second-order valence-electron chi connectivity index (χ2n) is 33.4. The molecule has 14 aromatic rings. The smallest absolute Gasteiger partial charge is 0.295 e. The van der Waals surface area contributed by atoms with Crippen LogP contribution in [-0.4, -0.2) is 203 Å². The topological polar surface area (TPSA) is 387 Å². The lowest BCUT2D eigenvalue weighted by Gasteiger charge is -2.24. The number of anilines is 6. The number of halogens is 2. The molecule has 0 amide bonds. The molecular formula is C94H102ClFN20O13S5. The minimum Gasteiger partial charge on any atom is -0.490 e. The van der Waals surface area contributed by atoms with Gasteiger partial charge in [-0.25, -0.2) is 40.9 Å². The minimum absolute atomic E-state index is 0.00403. The lowest BCUT2D eigenvalue weighted by molar-refractivity contribution is 0.0808. The van der Waals surface area contributed by atoms with E-state index in [-0.39, 0.29) is 104 Å². The first-order valence-corrected chi connectivity index (χ1v) is 50.7. The van der Waals surface area contributed by atoms with Gasteiger partial charge in [0, 0.05) is 168 Å². The monoisotopic (exact) mass is 1930 g/mol. The van der Waals surface area contributed by atoms with Crippen LogP contribution in [-0.2, 0) is 73.7 Å². The van der Waals surface area contributed by atoms with Crippen LogP contribution in [0.1, 0.15) is 84.8 Å². The number of thioether (sulfide) groups is 1. The molecule has 700 valence electrons. The second-order valence-corrected chi connectivity index (χ2v) is 42.2. The highest BCUT2D eigenvalue weighted by Gasteiger charge is 2.30. The number of hydrogen-bond acceptors (Lipinski definition) is 30. The molecule has 18 rings (SSSR count). The number of nitrogens with zero attached hydrogens (tertiary/aromatic N) is 15. The Bertz CT molecular complexity index is 7110. The van der Waals surface area contributed by atoms with E-state index >= 15 is 0 Å². The van der Waals surface area contributed by atoms with Gasteiger partial charge in [-0.2, -0.15) is 31.8 Å². The number of hydrogen-bond donors (Lipinski definition) is 5. The van der Waals surface area contributed by atoms with Crippen LogP contribution in [0.25, 0.3) is 49.8 Å². The van der Waals surface area contributed by atoms with Crippen LogP contribution in [0.4, 0.5) is 39.3 Å². The van der Waals surface area contributed by atoms with Gasteiger partial charge in [-0.3, -0.25) is 37.0 Å². The number of piperidine rings is 1. The number of allylic oxidation sites excluding steroid dienone is 1. The number of sulfone groups is 2. The highest BCUT2D eigenvalue weighted by atomic mass is 35.5. The molecule has 134 heavy (non-hydrogen) atoms. The van der Waals surface area contributed by atoms with Crippen LogP contribution in [0.3, 0.4) is 0 Å². The number of fused-ring (bicyclic) bond motifs is 3. The Hall–Kier alpha value is -12.0. The average molecular weight is 1930 g/mol. The summed E-state index contributed by atoms with van der Waals surface area (Å²) in [6, 6.07) is 41.2. The number of likely N-dealkylation sites (tertiary alicyclic amines) is 1. The van der Waals surface area contributed by atoms with Crippen molar-refractivity contribution < 1.29 is 49.1 Å². The molecule has 0 bridgehead atoms. The maximum atomic E-state index is 14.4. The number of pyridine rings is 3. The van der Waals surface area contributed by atoms with Gasteiger partial charge in [-0.1, -0.05) is 73.6 Å². The number of nitrogens with one attached hydrogen (secondary N) is 5. The Morgan fingerprint density at radius 1 is 0.679 bits per heavy atom. The van der Waals surface area contributed by atoms with Crippen LogP contribution in [0.2, 0.25) is 5.02 Å². The van der Waals surface area contributed by atoms with E-state index < -0.39 is 41.9 Å². The van der Waals surface area contributed by atoms with Gasteiger partial charge >= 0.3 is 0 Å². The molecule has 5 aromatic carbocycles. The molecule has 9 aromatic heterocycles. The number of benzene rings is 5. The van der Waals surface area contributed by atoms with Crippen molar-refractivity contribution >= 4 is 139 Å². The number of thiophene rings is 1. The molecule has 4 aliphatic rings. The van der Waals surface area contributed by atoms with Crippen molar-refractivity contribution in [2.24, 2.45) is 20.0 Å². The predicted octanol–water partition coefficient (Wildman–Crippen LogP) is 13.6. The maximum absolute atomic E-state index is 14.4. The first-order valence-electron chi connectivity index (χ1n) is 43.7. The van der Waals surface area contributed by atoms with Crippen molar-refractivity contribution in [3.63, 3.8) is 0 Å². The number of para-hydroxylation sites is 1. The molecule has 4 aliphatic heterocycles. The fraction of sp³-hybridized carbons (Fsp3) is 0.340. The van der Waals surface area contributed by atoms with Gasteiger partial charge in [-0.05, 0) is 190 Å². The molecule has 4 saturated heterocycles. The summed E-state index contributed by atoms with van der Waals surface area (Å²) < 4.78 is 115. The molecule has 3 unspecified atom stereocenters. The van der Waals surface area contributed by atoms with Gasteiger partial charge in [0.2, 0.25) is 17.8 Å². The fourth-order valence-electron chi connectivity index (χ4n) is 16.1. The third kappa shape index (κ3) is 22.6. The van der Waals surface area contributed by atoms with E-state index in [1.807, 2.05) is 117 Å². The van der Waals surface area contributed by atoms with Crippen LogP contribution in [0.15, 0.2) is 205 Å². The molecular weight excluding hydrogens is 1830 g/mol. The van der Waals surface area contributed by atoms with E-state index in [0.717, 1.165) is 129 Å². The maximum Gasteiger partial charge on any atom is 0.295 e. The Morgan fingerprint density at radius 3 is 1.87 bits per heavy atom. The standard InChI is InChI=1S/C32H32ClN5O4S3.C32H40N8O4S.C30H30FN7O5S/c1-20-3-8-25(27(33)15-20)26-16-23-17-35-32(36-24-6-4-21(5-7-24)28-18-34-10-13-43-28)37-29(23)38(30(26)39)19-22-9-12-44-31(22)45(40,41)14-11-42-2;1-20(2)45(42)31-28(36-37-39(31)5)19-40-29-23(16-27(30(40)41)21(3)22-11-14-43-15-12-22)17-33-32(35-29)34-24-6-8-25(9-7-24)44-26-10-13-38(4)18-26;1-37-18-27(44(2,40)41)24(36-37)17-38-28-19(15-26(29(38)39)43-25-6-4-3-5-23(25)31)16-33-30(35-28)34-20-7-9-21(10-8-20)42-22-11-13-32-14-12-22/h3-9,12,15-17,28,34H,10-11,13-14,18-19H2,1-2H3,(H,35,36,37);6-9,16-17,20,22,26H,3,10-15,18-19H2,1-2,4-5H3,(H,33,34,35);3-10,15-16,18,22,32H,11-14,17H2,1-2H3,(H,33,34,35).